The normalized spacial score (nSPS) is 19.4. The Morgan fingerprint density at radius 1 is 1.17 bits per heavy atom. The molecule has 1 saturated heterocycles. The number of nitrogens with one attached hydrogen (secondary N) is 1. The smallest absolute Gasteiger partial charge is 0.374 e. The van der Waals surface area contributed by atoms with Gasteiger partial charge < -0.3 is 14.5 Å². The van der Waals surface area contributed by atoms with E-state index >= 15 is 0 Å². The number of carbonyl (C=O) groups is 2. The van der Waals surface area contributed by atoms with E-state index in [9.17, 15) is 9.59 Å². The number of esters is 1. The Labute approximate surface area is 169 Å². The number of fused-ring (bicyclic) bond motifs is 1. The Hall–Kier alpha value is -3.12. The molecule has 2 atom stereocenters. The SMILES string of the molecule is CCOC(=O)c1cc2cc(NC(=O)C3[C@@H](c4ccccc4)CCN3C)ccc2o1. The lowest BCUT2D eigenvalue weighted by atomic mass is 9.91. The average Bonchev–Trinajstić information content (AvgIpc) is 3.32. The first-order chi connectivity index (χ1) is 14.1. The monoisotopic (exact) mass is 392 g/mol. The van der Waals surface area contributed by atoms with Crippen molar-refractivity contribution in [1.82, 2.24) is 4.90 Å². The van der Waals surface area contributed by atoms with Crippen LogP contribution in [-0.2, 0) is 9.53 Å². The molecule has 1 N–H and O–H groups in total. The molecule has 1 unspecified atom stereocenters. The molecule has 0 aliphatic carbocycles. The van der Waals surface area contributed by atoms with Crippen LogP contribution in [0.4, 0.5) is 5.69 Å². The molecule has 0 radical (unpaired) electrons. The Kier molecular flexibility index (Phi) is 5.36. The van der Waals surface area contributed by atoms with E-state index in [1.165, 1.54) is 5.56 Å². The minimum absolute atomic E-state index is 0.0349. The van der Waals surface area contributed by atoms with Gasteiger partial charge in [-0.1, -0.05) is 30.3 Å². The third-order valence-corrected chi connectivity index (χ3v) is 5.41. The summed E-state index contributed by atoms with van der Waals surface area (Å²) in [7, 11) is 1.98. The molecule has 4 rings (SSSR count). The molecule has 0 bridgehead atoms. The fourth-order valence-electron chi connectivity index (χ4n) is 4.02. The minimum atomic E-state index is -0.493. The molecule has 1 aliphatic heterocycles. The Balaban J connectivity index is 1.54. The zero-order valence-electron chi connectivity index (χ0n) is 16.6. The fourth-order valence-corrected chi connectivity index (χ4v) is 4.02. The van der Waals surface area contributed by atoms with Gasteiger partial charge in [0, 0.05) is 17.0 Å². The summed E-state index contributed by atoms with van der Waals surface area (Å²) < 4.78 is 10.5. The van der Waals surface area contributed by atoms with Crippen LogP contribution in [-0.4, -0.2) is 43.0 Å². The number of hydrogen-bond acceptors (Lipinski definition) is 5. The highest BCUT2D eigenvalue weighted by atomic mass is 16.5. The maximum Gasteiger partial charge on any atom is 0.374 e. The number of ether oxygens (including phenoxy) is 1. The second kappa shape index (κ2) is 8.09. The molecule has 1 aromatic heterocycles. The number of hydrogen-bond donors (Lipinski definition) is 1. The molecule has 2 heterocycles. The molecule has 6 heteroatoms. The molecule has 0 spiro atoms. The lowest BCUT2D eigenvalue weighted by Gasteiger charge is -2.24. The van der Waals surface area contributed by atoms with Crippen LogP contribution in [0.3, 0.4) is 0 Å². The predicted molar refractivity (Wildman–Crippen MR) is 111 cm³/mol. The lowest BCUT2D eigenvalue weighted by Crippen LogP contribution is -2.40. The zero-order valence-corrected chi connectivity index (χ0v) is 16.6. The number of furan rings is 1. The van der Waals surface area contributed by atoms with Crippen molar-refractivity contribution in [2.75, 3.05) is 25.5 Å². The molecule has 29 heavy (non-hydrogen) atoms. The summed E-state index contributed by atoms with van der Waals surface area (Å²) in [6.45, 7) is 2.91. The molecule has 6 nitrogen and oxygen atoms in total. The van der Waals surface area contributed by atoms with Crippen LogP contribution in [0.15, 0.2) is 59.0 Å². The molecular weight excluding hydrogens is 368 g/mol. The molecule has 3 aromatic rings. The largest absolute Gasteiger partial charge is 0.460 e. The maximum absolute atomic E-state index is 13.1. The number of nitrogens with zero attached hydrogens (tertiary/aromatic N) is 1. The summed E-state index contributed by atoms with van der Waals surface area (Å²) in [5.74, 6) is -0.209. The summed E-state index contributed by atoms with van der Waals surface area (Å²) in [5.41, 5.74) is 2.43. The van der Waals surface area contributed by atoms with Gasteiger partial charge in [-0.3, -0.25) is 9.69 Å². The van der Waals surface area contributed by atoms with Crippen molar-refractivity contribution >= 4 is 28.5 Å². The van der Waals surface area contributed by atoms with Crippen LogP contribution in [0.25, 0.3) is 11.0 Å². The van der Waals surface area contributed by atoms with Crippen molar-refractivity contribution in [3.8, 4) is 0 Å². The van der Waals surface area contributed by atoms with Gasteiger partial charge >= 0.3 is 5.97 Å². The second-order valence-corrected chi connectivity index (χ2v) is 7.30. The van der Waals surface area contributed by atoms with Crippen LogP contribution >= 0.6 is 0 Å². The fraction of sp³-hybridized carbons (Fsp3) is 0.304. The third kappa shape index (κ3) is 3.89. The van der Waals surface area contributed by atoms with Gasteiger partial charge in [0.15, 0.2) is 0 Å². The lowest BCUT2D eigenvalue weighted by molar-refractivity contribution is -0.120. The first-order valence-electron chi connectivity index (χ1n) is 9.83. The van der Waals surface area contributed by atoms with Crippen LogP contribution < -0.4 is 5.32 Å². The number of anilines is 1. The van der Waals surface area contributed by atoms with E-state index in [1.807, 2.05) is 31.3 Å². The number of likely N-dealkylation sites (N-methyl/N-ethyl adjacent to an activating group) is 1. The second-order valence-electron chi connectivity index (χ2n) is 7.30. The van der Waals surface area contributed by atoms with Gasteiger partial charge in [0.25, 0.3) is 0 Å². The number of carbonyl (C=O) groups excluding carboxylic acids is 2. The van der Waals surface area contributed by atoms with E-state index in [-0.39, 0.29) is 30.2 Å². The average molecular weight is 392 g/mol. The van der Waals surface area contributed by atoms with E-state index in [1.54, 1.807) is 25.1 Å². The Bertz CT molecular complexity index is 1030. The van der Waals surface area contributed by atoms with E-state index in [0.717, 1.165) is 18.4 Å². The molecule has 1 aliphatic rings. The van der Waals surface area contributed by atoms with E-state index in [4.69, 9.17) is 9.15 Å². The highest BCUT2D eigenvalue weighted by Crippen LogP contribution is 2.33. The van der Waals surface area contributed by atoms with Gasteiger partial charge in [-0.25, -0.2) is 4.79 Å². The van der Waals surface area contributed by atoms with E-state index in [0.29, 0.717) is 11.3 Å². The van der Waals surface area contributed by atoms with Gasteiger partial charge in [-0.05, 0) is 56.8 Å². The van der Waals surface area contributed by atoms with Gasteiger partial charge in [0.05, 0.1) is 12.6 Å². The summed E-state index contributed by atoms with van der Waals surface area (Å²) in [4.78, 5) is 27.1. The van der Waals surface area contributed by atoms with Crippen molar-refractivity contribution in [3.63, 3.8) is 0 Å². The van der Waals surface area contributed by atoms with Crippen LogP contribution in [0.5, 0.6) is 0 Å². The van der Waals surface area contributed by atoms with Crippen molar-refractivity contribution in [2.45, 2.75) is 25.3 Å². The third-order valence-electron chi connectivity index (χ3n) is 5.41. The van der Waals surface area contributed by atoms with Crippen LogP contribution in [0.2, 0.25) is 0 Å². The topological polar surface area (TPSA) is 71.8 Å². The van der Waals surface area contributed by atoms with Crippen LogP contribution in [0, 0.1) is 0 Å². The number of benzene rings is 2. The standard InChI is InChI=1S/C23H24N2O4/c1-3-28-23(27)20-14-16-13-17(9-10-19(16)29-20)24-22(26)21-18(11-12-25(21)2)15-7-5-4-6-8-15/h4-10,13-14,18,21H,3,11-12H2,1-2H3,(H,24,26)/t18-,21?/m1/s1. The van der Waals surface area contributed by atoms with Gasteiger partial charge in [0.1, 0.15) is 5.58 Å². The van der Waals surface area contributed by atoms with Crippen molar-refractivity contribution in [2.24, 2.45) is 0 Å². The first-order valence-corrected chi connectivity index (χ1v) is 9.83. The Morgan fingerprint density at radius 2 is 1.97 bits per heavy atom. The molecule has 2 aromatic carbocycles. The summed E-state index contributed by atoms with van der Waals surface area (Å²) in [5, 5.41) is 3.77. The highest BCUT2D eigenvalue weighted by molar-refractivity contribution is 5.98. The molecule has 1 amide bonds. The van der Waals surface area contributed by atoms with Crippen molar-refractivity contribution in [1.29, 1.82) is 0 Å². The molecule has 1 fully saturated rings. The van der Waals surface area contributed by atoms with Gasteiger partial charge in [0.2, 0.25) is 11.7 Å². The van der Waals surface area contributed by atoms with Gasteiger partial charge in [-0.2, -0.15) is 0 Å². The van der Waals surface area contributed by atoms with E-state index < -0.39 is 5.97 Å². The molecule has 150 valence electrons. The minimum Gasteiger partial charge on any atom is -0.460 e. The highest BCUT2D eigenvalue weighted by Gasteiger charge is 2.38. The summed E-state index contributed by atoms with van der Waals surface area (Å²) in [6.07, 6.45) is 0.947. The van der Waals surface area contributed by atoms with Crippen molar-refractivity contribution in [3.05, 3.63) is 65.9 Å². The maximum atomic E-state index is 13.1. The van der Waals surface area contributed by atoms with Gasteiger partial charge in [-0.15, -0.1) is 0 Å². The Morgan fingerprint density at radius 3 is 2.72 bits per heavy atom. The quantitative estimate of drug-likeness (QED) is 0.664. The van der Waals surface area contributed by atoms with Crippen molar-refractivity contribution < 1.29 is 18.7 Å². The zero-order chi connectivity index (χ0) is 20.4. The van der Waals surface area contributed by atoms with Crippen LogP contribution in [0.1, 0.15) is 35.4 Å². The first kappa shape index (κ1) is 19.2. The molecule has 0 saturated carbocycles. The summed E-state index contributed by atoms with van der Waals surface area (Å²) in [6, 6.07) is 16.9. The van der Waals surface area contributed by atoms with E-state index in [2.05, 4.69) is 22.3 Å². The number of amides is 1. The predicted octanol–water partition coefficient (Wildman–Crippen LogP) is 4.04. The summed E-state index contributed by atoms with van der Waals surface area (Å²) >= 11 is 0. The number of rotatable bonds is 5. The number of likely N-dealkylation sites (tertiary alicyclic amines) is 1. The molecular formula is C23H24N2O4.